The Bertz CT molecular complexity index is 1550. The Hall–Kier alpha value is -4.12. The molecule has 0 fully saturated rings. The Balaban J connectivity index is 1.63. The van der Waals surface area contributed by atoms with E-state index in [2.05, 4.69) is 5.10 Å². The molecule has 0 bridgehead atoms. The van der Waals surface area contributed by atoms with E-state index in [1.165, 1.54) is 16.8 Å². The van der Waals surface area contributed by atoms with Gasteiger partial charge in [0.25, 0.3) is 5.91 Å². The summed E-state index contributed by atoms with van der Waals surface area (Å²) in [6, 6.07) is 7.82. The first-order valence-electron chi connectivity index (χ1n) is 14.6. The highest BCUT2D eigenvalue weighted by Gasteiger charge is 2.43. The van der Waals surface area contributed by atoms with E-state index in [-0.39, 0.29) is 29.9 Å². The van der Waals surface area contributed by atoms with Crippen molar-refractivity contribution >= 4 is 11.9 Å². The van der Waals surface area contributed by atoms with Gasteiger partial charge in [-0.2, -0.15) is 5.10 Å². The molecule has 9 nitrogen and oxygen atoms in total. The van der Waals surface area contributed by atoms with Crippen LogP contribution in [-0.2, 0) is 22.4 Å². The van der Waals surface area contributed by atoms with Crippen LogP contribution >= 0.6 is 0 Å². The number of esters is 1. The Morgan fingerprint density at radius 1 is 1.05 bits per heavy atom. The first-order chi connectivity index (χ1) is 20.5. The monoisotopic (exact) mass is 594 g/mol. The standard InChI is InChI=1S/C32H36F2N4O5/c1-5-18(4)28(35)32(41)43-16-42-30-26(39)14-36-38-25(15-37(17(2)3)31(40)29(30)38)27-21-8-6-10-23(33)19(21)12-13-20-22(27)9-7-11-24(20)34/h6-11,14,17-18,25,27-28H,5,12-13,15-16,35H2,1-4H3/t18-,25+,28-/m0/s1. The van der Waals surface area contributed by atoms with Gasteiger partial charge in [-0.25, -0.2) is 8.78 Å². The minimum absolute atomic E-state index is 0.125. The van der Waals surface area contributed by atoms with Crippen LogP contribution in [0.4, 0.5) is 8.78 Å². The third-order valence-corrected chi connectivity index (χ3v) is 8.68. The fourth-order valence-electron chi connectivity index (χ4n) is 6.05. The lowest BCUT2D eigenvalue weighted by atomic mass is 9.81. The Labute approximate surface area is 248 Å². The Morgan fingerprint density at radius 2 is 1.65 bits per heavy atom. The van der Waals surface area contributed by atoms with E-state index < -0.39 is 53.7 Å². The predicted molar refractivity (Wildman–Crippen MR) is 155 cm³/mol. The lowest BCUT2D eigenvalue weighted by molar-refractivity contribution is -0.153. The van der Waals surface area contributed by atoms with Crippen molar-refractivity contribution in [3.63, 3.8) is 0 Å². The second-order valence-electron chi connectivity index (χ2n) is 11.5. The number of aromatic nitrogens is 2. The topological polar surface area (TPSA) is 117 Å². The lowest BCUT2D eigenvalue weighted by Crippen LogP contribution is -2.50. The second kappa shape index (κ2) is 12.2. The zero-order valence-electron chi connectivity index (χ0n) is 24.7. The van der Waals surface area contributed by atoms with Crippen LogP contribution in [0.1, 0.15) is 78.8 Å². The van der Waals surface area contributed by atoms with Gasteiger partial charge in [0.1, 0.15) is 17.7 Å². The summed E-state index contributed by atoms with van der Waals surface area (Å²) in [5, 5.41) is 4.37. The zero-order chi connectivity index (χ0) is 31.0. The summed E-state index contributed by atoms with van der Waals surface area (Å²) in [7, 11) is 0. The number of halogens is 2. The largest absolute Gasteiger partial charge is 0.451 e. The van der Waals surface area contributed by atoms with Crippen molar-refractivity contribution in [2.45, 2.75) is 71.0 Å². The van der Waals surface area contributed by atoms with Crippen molar-refractivity contribution in [2.75, 3.05) is 13.3 Å². The number of ether oxygens (including phenoxy) is 2. The van der Waals surface area contributed by atoms with Crippen molar-refractivity contribution < 1.29 is 27.8 Å². The smallest absolute Gasteiger partial charge is 0.326 e. The van der Waals surface area contributed by atoms with Crippen LogP contribution < -0.4 is 15.9 Å². The van der Waals surface area contributed by atoms with Gasteiger partial charge < -0.3 is 20.1 Å². The highest BCUT2D eigenvalue weighted by Crippen LogP contribution is 2.45. The van der Waals surface area contributed by atoms with Crippen LogP contribution in [-0.4, -0.2) is 52.0 Å². The summed E-state index contributed by atoms with van der Waals surface area (Å²) >= 11 is 0. The number of carbonyl (C=O) groups is 2. The molecule has 11 heteroatoms. The predicted octanol–water partition coefficient (Wildman–Crippen LogP) is 4.11. The minimum Gasteiger partial charge on any atom is -0.451 e. The molecule has 228 valence electrons. The van der Waals surface area contributed by atoms with Crippen LogP contribution in [0, 0.1) is 17.6 Å². The number of nitrogens with two attached hydrogens (primary N) is 1. The van der Waals surface area contributed by atoms with Crippen molar-refractivity contribution in [3.8, 4) is 5.75 Å². The summed E-state index contributed by atoms with van der Waals surface area (Å²) < 4.78 is 42.8. The van der Waals surface area contributed by atoms with Crippen molar-refractivity contribution in [1.82, 2.24) is 14.7 Å². The molecule has 2 heterocycles. The molecule has 0 saturated heterocycles. The number of nitrogens with zero attached hydrogens (tertiary/aromatic N) is 3. The van der Waals surface area contributed by atoms with Crippen molar-refractivity contribution in [2.24, 2.45) is 11.7 Å². The summed E-state index contributed by atoms with van der Waals surface area (Å²) in [5.41, 5.74) is 7.42. The molecule has 0 spiro atoms. The number of amides is 1. The molecular formula is C32H36F2N4O5. The molecule has 3 atom stereocenters. The van der Waals surface area contributed by atoms with Crippen molar-refractivity contribution in [1.29, 1.82) is 0 Å². The average molecular weight is 595 g/mol. The average Bonchev–Trinajstić information content (AvgIpc) is 3.16. The number of hydrogen-bond donors (Lipinski definition) is 1. The molecule has 0 saturated carbocycles. The summed E-state index contributed by atoms with van der Waals surface area (Å²) in [4.78, 5) is 40.9. The van der Waals surface area contributed by atoms with Gasteiger partial charge in [0.2, 0.25) is 18.0 Å². The number of hydrogen-bond acceptors (Lipinski definition) is 7. The van der Waals surface area contributed by atoms with Crippen LogP contribution in [0.5, 0.6) is 5.75 Å². The van der Waals surface area contributed by atoms with E-state index in [0.29, 0.717) is 41.5 Å². The van der Waals surface area contributed by atoms with E-state index in [0.717, 1.165) is 6.20 Å². The molecule has 5 rings (SSSR count). The Morgan fingerprint density at radius 3 is 2.21 bits per heavy atom. The van der Waals surface area contributed by atoms with Gasteiger partial charge in [0.05, 0.1) is 12.2 Å². The molecule has 1 aliphatic carbocycles. The normalized spacial score (nSPS) is 17.9. The molecule has 43 heavy (non-hydrogen) atoms. The van der Waals surface area contributed by atoms with Crippen LogP contribution in [0.3, 0.4) is 0 Å². The Kier molecular flexibility index (Phi) is 8.64. The van der Waals surface area contributed by atoms with E-state index in [4.69, 9.17) is 15.2 Å². The molecule has 2 aromatic carbocycles. The molecular weight excluding hydrogens is 558 g/mol. The molecule has 0 radical (unpaired) electrons. The van der Waals surface area contributed by atoms with Gasteiger partial charge in [-0.05, 0) is 67.0 Å². The van der Waals surface area contributed by atoms with Crippen LogP contribution in [0.25, 0.3) is 0 Å². The van der Waals surface area contributed by atoms with Crippen LogP contribution in [0.2, 0.25) is 0 Å². The first kappa shape index (κ1) is 30.3. The summed E-state index contributed by atoms with van der Waals surface area (Å²) in [6.45, 7) is 6.92. The number of rotatable bonds is 8. The third kappa shape index (κ3) is 5.53. The van der Waals surface area contributed by atoms with Gasteiger partial charge >= 0.3 is 5.97 Å². The molecule has 0 unspecified atom stereocenters. The highest BCUT2D eigenvalue weighted by atomic mass is 19.1. The molecule has 1 amide bonds. The highest BCUT2D eigenvalue weighted by molar-refractivity contribution is 5.96. The van der Waals surface area contributed by atoms with Gasteiger partial charge in [0.15, 0.2) is 5.69 Å². The molecule has 3 aromatic rings. The fourth-order valence-corrected chi connectivity index (χ4v) is 6.05. The van der Waals surface area contributed by atoms with Crippen molar-refractivity contribution in [3.05, 3.63) is 92.4 Å². The van der Waals surface area contributed by atoms with Crippen LogP contribution in [0.15, 0.2) is 47.4 Å². The zero-order valence-corrected chi connectivity index (χ0v) is 24.7. The van der Waals surface area contributed by atoms with Gasteiger partial charge in [0, 0.05) is 18.5 Å². The first-order valence-corrected chi connectivity index (χ1v) is 14.6. The van der Waals surface area contributed by atoms with Gasteiger partial charge in [-0.15, -0.1) is 0 Å². The number of benzene rings is 2. The van der Waals surface area contributed by atoms with Gasteiger partial charge in [-0.1, -0.05) is 44.5 Å². The maximum atomic E-state index is 15.2. The van der Waals surface area contributed by atoms with E-state index in [9.17, 15) is 14.4 Å². The molecule has 1 aliphatic heterocycles. The molecule has 1 aromatic heterocycles. The van der Waals surface area contributed by atoms with E-state index in [1.54, 1.807) is 17.0 Å². The number of carbonyl (C=O) groups excluding carboxylic acids is 2. The maximum Gasteiger partial charge on any atom is 0.326 e. The molecule has 2 aliphatic rings. The summed E-state index contributed by atoms with van der Waals surface area (Å²) in [5.74, 6) is -3.04. The summed E-state index contributed by atoms with van der Waals surface area (Å²) in [6.07, 6.45) is 2.30. The maximum absolute atomic E-state index is 15.2. The number of fused-ring (bicyclic) bond motifs is 3. The van der Waals surface area contributed by atoms with E-state index >= 15 is 8.78 Å². The fraction of sp³-hybridized carbons (Fsp3) is 0.438. The lowest BCUT2D eigenvalue weighted by Gasteiger charge is -2.41. The minimum atomic E-state index is -0.875. The van der Waals surface area contributed by atoms with E-state index in [1.807, 2.05) is 39.8 Å². The second-order valence-corrected chi connectivity index (χ2v) is 11.5. The molecule has 2 N–H and O–H groups in total. The SMILES string of the molecule is CC[C@H](C)[C@H](N)C(=O)OCOc1c2n(ncc1=O)[C@@H](C1c3cccc(F)c3CCc3c(F)cccc31)CN(C(C)C)C2=O. The quantitative estimate of drug-likeness (QED) is 0.308. The van der Waals surface area contributed by atoms with Gasteiger partial charge in [-0.3, -0.25) is 19.1 Å². The third-order valence-electron chi connectivity index (χ3n) is 8.68.